The first-order valence-electron chi connectivity index (χ1n) is 14.5. The Bertz CT molecular complexity index is 1460. The van der Waals surface area contributed by atoms with Gasteiger partial charge in [-0.25, -0.2) is 0 Å². The molecular formula is C37H43N. The molecule has 3 aromatic carbocycles. The minimum Gasteiger partial charge on any atom is -0.344 e. The smallest absolute Gasteiger partial charge is 0.0457 e. The number of rotatable bonds is 8. The molecule has 2 aliphatic rings. The van der Waals surface area contributed by atoms with Crippen LogP contribution >= 0.6 is 0 Å². The molecule has 0 aromatic heterocycles. The van der Waals surface area contributed by atoms with Gasteiger partial charge in [0.1, 0.15) is 0 Å². The lowest BCUT2D eigenvalue weighted by Gasteiger charge is -2.27. The van der Waals surface area contributed by atoms with Crippen LogP contribution in [0.1, 0.15) is 83.9 Å². The number of fused-ring (bicyclic) bond motifs is 4. The lowest BCUT2D eigenvalue weighted by molar-refractivity contribution is 0.622. The quantitative estimate of drug-likeness (QED) is 0.277. The number of unbranched alkanes of at least 4 members (excludes halogenated alkanes) is 2. The van der Waals surface area contributed by atoms with Crippen LogP contribution in [-0.2, 0) is 5.41 Å². The van der Waals surface area contributed by atoms with Crippen LogP contribution in [0.2, 0.25) is 0 Å². The van der Waals surface area contributed by atoms with Crippen LogP contribution in [0.3, 0.4) is 0 Å². The monoisotopic (exact) mass is 501 g/mol. The molecule has 38 heavy (non-hydrogen) atoms. The predicted octanol–water partition coefficient (Wildman–Crippen LogP) is 10.5. The van der Waals surface area contributed by atoms with Gasteiger partial charge in [0, 0.05) is 23.3 Å². The zero-order valence-corrected chi connectivity index (χ0v) is 24.1. The lowest BCUT2D eigenvalue weighted by Crippen LogP contribution is -2.27. The summed E-state index contributed by atoms with van der Waals surface area (Å²) >= 11 is 0. The number of anilines is 1. The first kappa shape index (κ1) is 26.3. The molecule has 3 aromatic rings. The zero-order chi connectivity index (χ0) is 26.9. The summed E-state index contributed by atoms with van der Waals surface area (Å²) in [5.41, 5.74) is 11.0. The van der Waals surface area contributed by atoms with Gasteiger partial charge in [-0.3, -0.25) is 0 Å². The van der Waals surface area contributed by atoms with E-state index in [1.165, 1.54) is 74.8 Å². The summed E-state index contributed by atoms with van der Waals surface area (Å²) in [5, 5.41) is 2.71. The topological polar surface area (TPSA) is 3.24 Å². The maximum atomic E-state index is 2.61. The van der Waals surface area contributed by atoms with Gasteiger partial charge in [0.05, 0.1) is 0 Å². The third-order valence-corrected chi connectivity index (χ3v) is 8.35. The van der Waals surface area contributed by atoms with Crippen LogP contribution in [0.25, 0.3) is 21.9 Å². The van der Waals surface area contributed by atoms with Gasteiger partial charge in [-0.15, -0.1) is 0 Å². The maximum absolute atomic E-state index is 2.61. The fourth-order valence-electron chi connectivity index (χ4n) is 6.35. The Balaban J connectivity index is 1.62. The SMILES string of the molecule is CCCCCN1/C(=C/C=C2C(C)=C(/C=C/CC(C)C)c3ccccc3/2)C(C)(C)c2c1ccc1ccccc21. The first-order chi connectivity index (χ1) is 18.3. The summed E-state index contributed by atoms with van der Waals surface area (Å²) in [6, 6.07) is 22.4. The van der Waals surface area contributed by atoms with Crippen molar-refractivity contribution in [1.82, 2.24) is 0 Å². The van der Waals surface area contributed by atoms with Gasteiger partial charge in [-0.2, -0.15) is 0 Å². The summed E-state index contributed by atoms with van der Waals surface area (Å²) in [7, 11) is 0. The number of benzene rings is 3. The summed E-state index contributed by atoms with van der Waals surface area (Å²) in [4.78, 5) is 2.61. The van der Waals surface area contributed by atoms with Gasteiger partial charge in [0.2, 0.25) is 0 Å². The van der Waals surface area contributed by atoms with Crippen LogP contribution in [0, 0.1) is 5.92 Å². The number of nitrogens with zero attached hydrogens (tertiary/aromatic N) is 1. The Morgan fingerprint density at radius 3 is 2.37 bits per heavy atom. The van der Waals surface area contributed by atoms with Crippen molar-refractivity contribution in [2.45, 2.75) is 72.6 Å². The van der Waals surface area contributed by atoms with Gasteiger partial charge in [-0.05, 0) is 82.0 Å². The second-order valence-electron chi connectivity index (χ2n) is 11.9. The largest absolute Gasteiger partial charge is 0.344 e. The number of hydrogen-bond acceptors (Lipinski definition) is 1. The average Bonchev–Trinajstić information content (AvgIpc) is 3.29. The Labute approximate surface area is 230 Å². The zero-order valence-electron chi connectivity index (χ0n) is 24.1. The molecule has 0 saturated heterocycles. The van der Waals surface area contributed by atoms with Crippen molar-refractivity contribution >= 4 is 27.6 Å². The van der Waals surface area contributed by atoms with E-state index in [1.807, 2.05) is 0 Å². The predicted molar refractivity (Wildman–Crippen MR) is 168 cm³/mol. The summed E-state index contributed by atoms with van der Waals surface area (Å²) in [6.45, 7) is 15.0. The molecule has 0 radical (unpaired) electrons. The van der Waals surface area contributed by atoms with Gasteiger partial charge in [0.25, 0.3) is 0 Å². The fraction of sp³-hybridized carbons (Fsp3) is 0.351. The summed E-state index contributed by atoms with van der Waals surface area (Å²) in [5.74, 6) is 0.671. The Hall–Kier alpha value is -3.32. The number of hydrogen-bond donors (Lipinski definition) is 0. The van der Waals surface area contributed by atoms with Crippen LogP contribution < -0.4 is 4.90 Å². The van der Waals surface area contributed by atoms with Crippen LogP contribution in [0.15, 0.2) is 96.2 Å². The molecule has 0 N–H and O–H groups in total. The van der Waals surface area contributed by atoms with E-state index >= 15 is 0 Å². The van der Waals surface area contributed by atoms with Crippen molar-refractivity contribution in [3.05, 3.63) is 113 Å². The molecule has 0 amide bonds. The molecule has 196 valence electrons. The molecule has 0 unspecified atom stereocenters. The van der Waals surface area contributed by atoms with E-state index in [9.17, 15) is 0 Å². The first-order valence-corrected chi connectivity index (χ1v) is 14.5. The highest BCUT2D eigenvalue weighted by atomic mass is 15.2. The molecule has 1 heteroatoms. The molecule has 0 bridgehead atoms. The normalized spacial score (nSPS) is 18.6. The average molecular weight is 502 g/mol. The van der Waals surface area contributed by atoms with E-state index in [2.05, 4.69) is 131 Å². The van der Waals surface area contributed by atoms with Crippen molar-refractivity contribution in [2.24, 2.45) is 5.92 Å². The maximum Gasteiger partial charge on any atom is 0.0457 e. The molecule has 0 atom stereocenters. The minimum absolute atomic E-state index is 0.0742. The van der Waals surface area contributed by atoms with Gasteiger partial charge < -0.3 is 4.90 Å². The number of allylic oxidation sites excluding steroid dienone is 8. The van der Waals surface area contributed by atoms with Gasteiger partial charge in [0.15, 0.2) is 0 Å². The van der Waals surface area contributed by atoms with E-state index in [-0.39, 0.29) is 5.41 Å². The molecule has 1 nitrogen and oxygen atoms in total. The summed E-state index contributed by atoms with van der Waals surface area (Å²) < 4.78 is 0. The standard InChI is InChI=1S/C37H43N/c1-7-8-13-25-38-34-23-21-28-16-9-10-17-31(28)36(34)37(5,6)35(38)24-22-30-27(4)29(20-14-15-26(2)3)32-18-11-12-19-33(30)32/h9-12,14,16-24,26H,7-8,13,15,25H2,1-6H3/b20-14+,30-22-,35-24+. The third-order valence-electron chi connectivity index (χ3n) is 8.35. The molecule has 0 saturated carbocycles. The molecular weight excluding hydrogens is 458 g/mol. The Kier molecular flexibility index (Phi) is 7.48. The Morgan fingerprint density at radius 1 is 0.868 bits per heavy atom. The van der Waals surface area contributed by atoms with Crippen molar-refractivity contribution in [3.63, 3.8) is 0 Å². The molecule has 1 aliphatic heterocycles. The highest BCUT2D eigenvalue weighted by Crippen LogP contribution is 2.51. The Morgan fingerprint density at radius 2 is 1.61 bits per heavy atom. The third kappa shape index (κ3) is 4.68. The van der Waals surface area contributed by atoms with Crippen LogP contribution in [-0.4, -0.2) is 6.54 Å². The van der Waals surface area contributed by atoms with Crippen molar-refractivity contribution in [3.8, 4) is 0 Å². The highest BCUT2D eigenvalue weighted by Gasteiger charge is 2.41. The molecule has 0 fully saturated rings. The van der Waals surface area contributed by atoms with Crippen LogP contribution in [0.5, 0.6) is 0 Å². The highest BCUT2D eigenvalue weighted by molar-refractivity contribution is 6.03. The van der Waals surface area contributed by atoms with Crippen LogP contribution in [0.4, 0.5) is 5.69 Å². The van der Waals surface area contributed by atoms with E-state index in [0.29, 0.717) is 5.92 Å². The van der Waals surface area contributed by atoms with E-state index in [4.69, 9.17) is 0 Å². The van der Waals surface area contributed by atoms with Gasteiger partial charge in [-0.1, -0.05) is 120 Å². The van der Waals surface area contributed by atoms with Gasteiger partial charge >= 0.3 is 0 Å². The minimum atomic E-state index is -0.0742. The van der Waals surface area contributed by atoms with E-state index in [0.717, 1.165) is 13.0 Å². The molecule has 1 heterocycles. The molecule has 5 rings (SSSR count). The van der Waals surface area contributed by atoms with Crippen molar-refractivity contribution in [2.75, 3.05) is 11.4 Å². The molecule has 0 spiro atoms. The van der Waals surface area contributed by atoms with Crippen molar-refractivity contribution < 1.29 is 0 Å². The fourth-order valence-corrected chi connectivity index (χ4v) is 6.35. The second kappa shape index (κ2) is 10.8. The molecule has 1 aliphatic carbocycles. The van der Waals surface area contributed by atoms with Crippen molar-refractivity contribution in [1.29, 1.82) is 0 Å². The van der Waals surface area contributed by atoms with E-state index < -0.39 is 0 Å². The lowest BCUT2D eigenvalue weighted by atomic mass is 9.81. The van der Waals surface area contributed by atoms with E-state index in [1.54, 1.807) is 0 Å². The second-order valence-corrected chi connectivity index (χ2v) is 11.9. The summed E-state index contributed by atoms with van der Waals surface area (Å²) in [6.07, 6.45) is 14.3.